The van der Waals surface area contributed by atoms with Crippen molar-refractivity contribution in [3.05, 3.63) is 48.0 Å². The highest BCUT2D eigenvalue weighted by Gasteiger charge is 2.09. The van der Waals surface area contributed by atoms with Gasteiger partial charge < -0.3 is 4.74 Å². The third-order valence-electron chi connectivity index (χ3n) is 2.47. The first-order valence-corrected chi connectivity index (χ1v) is 4.91. The molecule has 17 heavy (non-hydrogen) atoms. The van der Waals surface area contributed by atoms with Crippen LogP contribution in [0.3, 0.4) is 0 Å². The van der Waals surface area contributed by atoms with Crippen LogP contribution in [0.1, 0.15) is 5.56 Å². The summed E-state index contributed by atoms with van der Waals surface area (Å²) in [6, 6.07) is 9.42. The van der Waals surface area contributed by atoms with Crippen molar-refractivity contribution < 1.29 is 17.9 Å². The van der Waals surface area contributed by atoms with Crippen LogP contribution in [0.25, 0.3) is 16.6 Å². The molecule has 0 aromatic heterocycles. The number of hydrogen-bond donors (Lipinski definition) is 0. The predicted molar refractivity (Wildman–Crippen MR) is 60.7 cm³/mol. The number of halogens is 3. The number of fused-ring (bicyclic) bond motifs is 1. The van der Waals surface area contributed by atoms with E-state index >= 15 is 0 Å². The molecule has 0 aliphatic heterocycles. The van der Waals surface area contributed by atoms with Gasteiger partial charge in [0.1, 0.15) is 5.75 Å². The standard InChI is InChI=1S/C13H9F3O/c1-17-11-5-4-8-6-10(12(14)13(15)16)3-2-9(8)7-11/h2-7H,1H3. The lowest BCUT2D eigenvalue weighted by molar-refractivity contribution is 0.410. The van der Waals surface area contributed by atoms with Crippen molar-refractivity contribution in [1.29, 1.82) is 0 Å². The summed E-state index contributed by atoms with van der Waals surface area (Å²) in [5, 5.41) is 1.49. The zero-order chi connectivity index (χ0) is 12.4. The lowest BCUT2D eigenvalue weighted by Crippen LogP contribution is -1.84. The second-order valence-electron chi connectivity index (χ2n) is 3.50. The maximum atomic E-state index is 13.0. The molecule has 0 radical (unpaired) electrons. The van der Waals surface area contributed by atoms with E-state index in [1.54, 1.807) is 24.3 Å². The molecule has 0 fully saturated rings. The van der Waals surface area contributed by atoms with Gasteiger partial charge in [-0.15, -0.1) is 0 Å². The second-order valence-corrected chi connectivity index (χ2v) is 3.50. The van der Waals surface area contributed by atoms with Gasteiger partial charge in [0.2, 0.25) is 0 Å². The Kier molecular flexibility index (Phi) is 3.04. The molecule has 2 rings (SSSR count). The van der Waals surface area contributed by atoms with Gasteiger partial charge >= 0.3 is 6.08 Å². The Hall–Kier alpha value is -1.97. The van der Waals surface area contributed by atoms with E-state index in [0.29, 0.717) is 11.1 Å². The average molecular weight is 238 g/mol. The zero-order valence-electron chi connectivity index (χ0n) is 9.01. The number of hydrogen-bond acceptors (Lipinski definition) is 1. The van der Waals surface area contributed by atoms with Gasteiger partial charge in [-0.1, -0.05) is 18.2 Å². The highest BCUT2D eigenvalue weighted by atomic mass is 19.3. The molecule has 0 atom stereocenters. The smallest absolute Gasteiger partial charge is 0.306 e. The van der Waals surface area contributed by atoms with Crippen LogP contribution in [0.2, 0.25) is 0 Å². The first-order valence-electron chi connectivity index (χ1n) is 4.91. The van der Waals surface area contributed by atoms with E-state index in [-0.39, 0.29) is 5.56 Å². The van der Waals surface area contributed by atoms with Crippen molar-refractivity contribution in [2.24, 2.45) is 0 Å². The van der Waals surface area contributed by atoms with E-state index in [9.17, 15) is 13.2 Å². The van der Waals surface area contributed by atoms with Crippen LogP contribution >= 0.6 is 0 Å². The third kappa shape index (κ3) is 2.25. The highest BCUT2D eigenvalue weighted by Crippen LogP contribution is 2.27. The van der Waals surface area contributed by atoms with E-state index < -0.39 is 11.9 Å². The summed E-state index contributed by atoms with van der Waals surface area (Å²) >= 11 is 0. The molecule has 0 bridgehead atoms. The van der Waals surface area contributed by atoms with Crippen LogP contribution in [0.15, 0.2) is 42.5 Å². The lowest BCUT2D eigenvalue weighted by Gasteiger charge is -2.04. The van der Waals surface area contributed by atoms with E-state index in [1.165, 1.54) is 19.2 Å². The van der Waals surface area contributed by atoms with Crippen molar-refractivity contribution in [3.8, 4) is 5.75 Å². The molecular weight excluding hydrogens is 229 g/mol. The summed E-state index contributed by atoms with van der Waals surface area (Å²) in [5.41, 5.74) is -0.123. The normalized spacial score (nSPS) is 10.4. The molecule has 0 amide bonds. The Morgan fingerprint density at radius 3 is 2.24 bits per heavy atom. The second kappa shape index (κ2) is 4.49. The molecular formula is C13H9F3O. The third-order valence-corrected chi connectivity index (χ3v) is 2.47. The Morgan fingerprint density at radius 1 is 0.941 bits per heavy atom. The van der Waals surface area contributed by atoms with Gasteiger partial charge in [-0.25, -0.2) is 4.39 Å². The fourth-order valence-corrected chi connectivity index (χ4v) is 1.60. The van der Waals surface area contributed by atoms with E-state index in [2.05, 4.69) is 0 Å². The van der Waals surface area contributed by atoms with E-state index in [1.807, 2.05) is 0 Å². The monoisotopic (exact) mass is 238 g/mol. The summed E-state index contributed by atoms with van der Waals surface area (Å²) in [4.78, 5) is 0. The molecule has 4 heteroatoms. The zero-order valence-corrected chi connectivity index (χ0v) is 9.01. The number of rotatable bonds is 2. The number of methoxy groups -OCH3 is 1. The van der Waals surface area contributed by atoms with Crippen LogP contribution in [0.4, 0.5) is 13.2 Å². The van der Waals surface area contributed by atoms with E-state index in [4.69, 9.17) is 4.74 Å². The minimum absolute atomic E-state index is 0.123. The minimum Gasteiger partial charge on any atom is -0.497 e. The first kappa shape index (κ1) is 11.5. The minimum atomic E-state index is -2.31. The van der Waals surface area contributed by atoms with Gasteiger partial charge in [0, 0.05) is 5.56 Å². The molecule has 0 heterocycles. The van der Waals surface area contributed by atoms with Gasteiger partial charge in [0.25, 0.3) is 0 Å². The van der Waals surface area contributed by atoms with Crippen LogP contribution in [-0.2, 0) is 0 Å². The number of ether oxygens (including phenoxy) is 1. The highest BCUT2D eigenvalue weighted by molar-refractivity contribution is 5.86. The average Bonchev–Trinajstić information content (AvgIpc) is 2.36. The summed E-state index contributed by atoms with van der Waals surface area (Å²) in [5.74, 6) is -0.819. The lowest BCUT2D eigenvalue weighted by atomic mass is 10.1. The molecule has 0 aliphatic rings. The quantitative estimate of drug-likeness (QED) is 0.754. The summed E-state index contributed by atoms with van der Waals surface area (Å²) in [6.45, 7) is 0. The predicted octanol–water partition coefficient (Wildman–Crippen LogP) is 4.38. The van der Waals surface area contributed by atoms with Gasteiger partial charge in [-0.05, 0) is 29.0 Å². The van der Waals surface area contributed by atoms with Crippen molar-refractivity contribution in [2.45, 2.75) is 0 Å². The van der Waals surface area contributed by atoms with Crippen LogP contribution in [0.5, 0.6) is 5.75 Å². The van der Waals surface area contributed by atoms with Crippen LogP contribution in [-0.4, -0.2) is 7.11 Å². The Bertz CT molecular complexity index is 586. The molecule has 0 spiro atoms. The Balaban J connectivity index is 2.56. The van der Waals surface area contributed by atoms with Gasteiger partial charge in [-0.2, -0.15) is 8.78 Å². The molecule has 0 saturated carbocycles. The van der Waals surface area contributed by atoms with Crippen molar-refractivity contribution in [3.63, 3.8) is 0 Å². The summed E-state index contributed by atoms with van der Waals surface area (Å²) in [6.07, 6.45) is -2.31. The summed E-state index contributed by atoms with van der Waals surface area (Å²) < 4.78 is 42.3. The first-order chi connectivity index (χ1) is 8.11. The molecule has 88 valence electrons. The van der Waals surface area contributed by atoms with Crippen molar-refractivity contribution in [1.82, 2.24) is 0 Å². The summed E-state index contributed by atoms with van der Waals surface area (Å²) in [7, 11) is 1.54. The topological polar surface area (TPSA) is 9.23 Å². The van der Waals surface area contributed by atoms with Crippen LogP contribution in [0, 0.1) is 0 Å². The number of benzene rings is 2. The SMILES string of the molecule is COc1ccc2cc(C(F)=C(F)F)ccc2c1. The molecule has 0 aliphatic carbocycles. The van der Waals surface area contributed by atoms with Crippen molar-refractivity contribution >= 4 is 16.6 Å². The maximum Gasteiger partial charge on any atom is 0.306 e. The van der Waals surface area contributed by atoms with Crippen LogP contribution < -0.4 is 4.74 Å². The van der Waals surface area contributed by atoms with E-state index in [0.717, 1.165) is 5.39 Å². The molecule has 2 aromatic carbocycles. The molecule has 0 saturated heterocycles. The molecule has 0 unspecified atom stereocenters. The molecule has 1 nitrogen and oxygen atoms in total. The van der Waals surface area contributed by atoms with Crippen molar-refractivity contribution in [2.75, 3.05) is 7.11 Å². The van der Waals surface area contributed by atoms with Gasteiger partial charge in [-0.3, -0.25) is 0 Å². The Labute approximate surface area is 96.1 Å². The Morgan fingerprint density at radius 2 is 1.59 bits per heavy atom. The fraction of sp³-hybridized carbons (Fsp3) is 0.0769. The molecule has 0 N–H and O–H groups in total. The fourth-order valence-electron chi connectivity index (χ4n) is 1.60. The van der Waals surface area contributed by atoms with Gasteiger partial charge in [0.15, 0.2) is 5.83 Å². The molecule has 2 aromatic rings. The largest absolute Gasteiger partial charge is 0.497 e. The van der Waals surface area contributed by atoms with Gasteiger partial charge in [0.05, 0.1) is 7.11 Å². The maximum absolute atomic E-state index is 13.0.